The molecule has 0 spiro atoms. The SMILES string of the molecule is CN(C)CCCOc1ccc(Br)nc1. The first kappa shape index (κ1) is 11.5. The minimum atomic E-state index is 0.738. The second-order valence-electron chi connectivity index (χ2n) is 3.32. The average molecular weight is 259 g/mol. The summed E-state index contributed by atoms with van der Waals surface area (Å²) in [6.07, 6.45) is 2.75. The van der Waals surface area contributed by atoms with E-state index >= 15 is 0 Å². The van der Waals surface area contributed by atoms with Crippen molar-refractivity contribution >= 4 is 15.9 Å². The van der Waals surface area contributed by atoms with Crippen LogP contribution in [0, 0.1) is 0 Å². The third-order valence-electron chi connectivity index (χ3n) is 1.72. The summed E-state index contributed by atoms with van der Waals surface area (Å²) < 4.78 is 6.33. The number of pyridine rings is 1. The third kappa shape index (κ3) is 4.58. The second kappa shape index (κ2) is 5.98. The van der Waals surface area contributed by atoms with Crippen molar-refractivity contribution in [2.75, 3.05) is 27.2 Å². The summed E-state index contributed by atoms with van der Waals surface area (Å²) in [4.78, 5) is 6.22. The first-order valence-corrected chi connectivity index (χ1v) is 5.37. The molecule has 0 fully saturated rings. The van der Waals surface area contributed by atoms with E-state index in [1.807, 2.05) is 12.1 Å². The van der Waals surface area contributed by atoms with Gasteiger partial charge in [-0.1, -0.05) is 0 Å². The molecule has 78 valence electrons. The van der Waals surface area contributed by atoms with E-state index in [1.54, 1.807) is 6.20 Å². The molecule has 0 unspecified atom stereocenters. The predicted octanol–water partition coefficient (Wildman–Crippen LogP) is 2.17. The highest BCUT2D eigenvalue weighted by Gasteiger charge is 1.95. The van der Waals surface area contributed by atoms with E-state index in [2.05, 4.69) is 39.9 Å². The normalized spacial score (nSPS) is 10.6. The number of halogens is 1. The highest BCUT2D eigenvalue weighted by molar-refractivity contribution is 9.10. The first-order chi connectivity index (χ1) is 6.68. The van der Waals surface area contributed by atoms with Crippen LogP contribution in [-0.2, 0) is 0 Å². The molecular weight excluding hydrogens is 244 g/mol. The lowest BCUT2D eigenvalue weighted by Gasteiger charge is -2.09. The van der Waals surface area contributed by atoms with Gasteiger partial charge in [0.1, 0.15) is 10.4 Å². The van der Waals surface area contributed by atoms with E-state index in [9.17, 15) is 0 Å². The third-order valence-corrected chi connectivity index (χ3v) is 2.19. The van der Waals surface area contributed by atoms with Crippen molar-refractivity contribution in [1.82, 2.24) is 9.88 Å². The summed E-state index contributed by atoms with van der Waals surface area (Å²) in [6.45, 7) is 1.78. The van der Waals surface area contributed by atoms with Crippen LogP contribution in [0.4, 0.5) is 0 Å². The molecule has 0 amide bonds. The molecule has 0 saturated heterocycles. The van der Waals surface area contributed by atoms with Gasteiger partial charge in [0.2, 0.25) is 0 Å². The monoisotopic (exact) mass is 258 g/mol. The minimum Gasteiger partial charge on any atom is -0.492 e. The van der Waals surface area contributed by atoms with Gasteiger partial charge < -0.3 is 9.64 Å². The maximum atomic E-state index is 5.50. The van der Waals surface area contributed by atoms with Gasteiger partial charge in [-0.2, -0.15) is 0 Å². The maximum absolute atomic E-state index is 5.50. The largest absolute Gasteiger partial charge is 0.492 e. The van der Waals surface area contributed by atoms with Crippen LogP contribution in [0.25, 0.3) is 0 Å². The van der Waals surface area contributed by atoms with E-state index in [1.165, 1.54) is 0 Å². The van der Waals surface area contributed by atoms with Crippen molar-refractivity contribution in [2.24, 2.45) is 0 Å². The van der Waals surface area contributed by atoms with Gasteiger partial charge in [0.05, 0.1) is 12.8 Å². The molecule has 0 aliphatic carbocycles. The Morgan fingerprint density at radius 1 is 1.43 bits per heavy atom. The number of hydrogen-bond donors (Lipinski definition) is 0. The lowest BCUT2D eigenvalue weighted by atomic mass is 10.4. The van der Waals surface area contributed by atoms with Crippen LogP contribution < -0.4 is 4.74 Å². The molecule has 0 atom stereocenters. The van der Waals surface area contributed by atoms with Crippen LogP contribution in [0.2, 0.25) is 0 Å². The van der Waals surface area contributed by atoms with E-state index in [-0.39, 0.29) is 0 Å². The fourth-order valence-corrected chi connectivity index (χ4v) is 1.25. The topological polar surface area (TPSA) is 25.4 Å². The minimum absolute atomic E-state index is 0.738. The highest BCUT2D eigenvalue weighted by Crippen LogP contribution is 2.12. The summed E-state index contributed by atoms with van der Waals surface area (Å²) in [5.74, 6) is 0.826. The fraction of sp³-hybridized carbons (Fsp3) is 0.500. The molecular formula is C10H15BrN2O. The lowest BCUT2D eigenvalue weighted by molar-refractivity contribution is 0.280. The van der Waals surface area contributed by atoms with Crippen LogP contribution in [0.15, 0.2) is 22.9 Å². The zero-order valence-corrected chi connectivity index (χ0v) is 10.1. The summed E-state index contributed by atoms with van der Waals surface area (Å²) in [5.41, 5.74) is 0. The van der Waals surface area contributed by atoms with Gasteiger partial charge in [-0.25, -0.2) is 4.98 Å². The Hall–Kier alpha value is -0.610. The van der Waals surface area contributed by atoms with E-state index in [4.69, 9.17) is 4.74 Å². The van der Waals surface area contributed by atoms with Gasteiger partial charge in [-0.3, -0.25) is 0 Å². The van der Waals surface area contributed by atoms with Crippen LogP contribution in [-0.4, -0.2) is 37.1 Å². The summed E-state index contributed by atoms with van der Waals surface area (Å²) in [7, 11) is 4.11. The lowest BCUT2D eigenvalue weighted by Crippen LogP contribution is -2.15. The summed E-state index contributed by atoms with van der Waals surface area (Å²) >= 11 is 3.27. The van der Waals surface area contributed by atoms with Gasteiger partial charge in [-0.05, 0) is 48.6 Å². The standard InChI is InChI=1S/C10H15BrN2O/c1-13(2)6-3-7-14-9-4-5-10(11)12-8-9/h4-5,8H,3,6-7H2,1-2H3. The molecule has 0 aromatic carbocycles. The molecule has 4 heteroatoms. The van der Waals surface area contributed by atoms with E-state index in [0.717, 1.165) is 29.9 Å². The van der Waals surface area contributed by atoms with Crippen molar-refractivity contribution < 1.29 is 4.74 Å². The molecule has 0 bridgehead atoms. The Labute approximate surface area is 93.2 Å². The average Bonchev–Trinajstić information content (AvgIpc) is 2.15. The number of aromatic nitrogens is 1. The molecule has 1 aromatic rings. The van der Waals surface area contributed by atoms with Crippen LogP contribution in [0.3, 0.4) is 0 Å². The Bertz CT molecular complexity index is 261. The highest BCUT2D eigenvalue weighted by atomic mass is 79.9. The molecule has 14 heavy (non-hydrogen) atoms. The zero-order valence-electron chi connectivity index (χ0n) is 8.53. The summed E-state index contributed by atoms with van der Waals surface area (Å²) in [6, 6.07) is 3.79. The Morgan fingerprint density at radius 2 is 2.21 bits per heavy atom. The quantitative estimate of drug-likeness (QED) is 0.598. The number of rotatable bonds is 5. The molecule has 0 saturated carbocycles. The molecule has 0 aliphatic heterocycles. The Morgan fingerprint density at radius 3 is 2.79 bits per heavy atom. The van der Waals surface area contributed by atoms with Gasteiger partial charge in [-0.15, -0.1) is 0 Å². The molecule has 0 N–H and O–H groups in total. The summed E-state index contributed by atoms with van der Waals surface area (Å²) in [5, 5.41) is 0. The number of hydrogen-bond acceptors (Lipinski definition) is 3. The zero-order chi connectivity index (χ0) is 10.4. The van der Waals surface area contributed by atoms with Crippen LogP contribution in [0.5, 0.6) is 5.75 Å². The molecule has 1 aromatic heterocycles. The number of ether oxygens (including phenoxy) is 1. The van der Waals surface area contributed by atoms with Crippen molar-refractivity contribution in [3.8, 4) is 5.75 Å². The maximum Gasteiger partial charge on any atom is 0.137 e. The molecule has 0 radical (unpaired) electrons. The Balaban J connectivity index is 2.21. The molecule has 0 aliphatic rings. The Kier molecular flexibility index (Phi) is 4.90. The molecule has 1 rings (SSSR count). The van der Waals surface area contributed by atoms with E-state index in [0.29, 0.717) is 0 Å². The van der Waals surface area contributed by atoms with Crippen LogP contribution >= 0.6 is 15.9 Å². The first-order valence-electron chi connectivity index (χ1n) is 4.57. The van der Waals surface area contributed by atoms with Crippen molar-refractivity contribution in [2.45, 2.75) is 6.42 Å². The van der Waals surface area contributed by atoms with Crippen LogP contribution in [0.1, 0.15) is 6.42 Å². The van der Waals surface area contributed by atoms with Gasteiger partial charge in [0, 0.05) is 6.54 Å². The smallest absolute Gasteiger partial charge is 0.137 e. The van der Waals surface area contributed by atoms with Crippen molar-refractivity contribution in [3.63, 3.8) is 0 Å². The van der Waals surface area contributed by atoms with E-state index < -0.39 is 0 Å². The predicted molar refractivity (Wildman–Crippen MR) is 60.6 cm³/mol. The number of nitrogens with zero attached hydrogens (tertiary/aromatic N) is 2. The van der Waals surface area contributed by atoms with Crippen molar-refractivity contribution in [1.29, 1.82) is 0 Å². The van der Waals surface area contributed by atoms with Gasteiger partial charge in [0.15, 0.2) is 0 Å². The second-order valence-corrected chi connectivity index (χ2v) is 4.13. The van der Waals surface area contributed by atoms with Gasteiger partial charge in [0.25, 0.3) is 0 Å². The molecule has 3 nitrogen and oxygen atoms in total. The van der Waals surface area contributed by atoms with Gasteiger partial charge >= 0.3 is 0 Å². The van der Waals surface area contributed by atoms with Crippen molar-refractivity contribution in [3.05, 3.63) is 22.9 Å². The molecule has 1 heterocycles. The fourth-order valence-electron chi connectivity index (χ4n) is 1.02.